The number of aliphatic hydroxyl groups is 3. The van der Waals surface area contributed by atoms with Crippen LogP contribution >= 0.6 is 0 Å². The lowest BCUT2D eigenvalue weighted by Gasteiger charge is -2.40. The Morgan fingerprint density at radius 1 is 0.500 bits per heavy atom. The second-order valence-corrected chi connectivity index (χ2v) is 20.8. The first-order valence-corrected chi connectivity index (χ1v) is 28.9. The van der Waals surface area contributed by atoms with E-state index in [-0.39, 0.29) is 19.4 Å². The lowest BCUT2D eigenvalue weighted by atomic mass is 10.00. The second-order valence-electron chi connectivity index (χ2n) is 19.3. The Balaban J connectivity index is 2.33. The molecule has 0 aromatic rings. The van der Waals surface area contributed by atoms with Crippen molar-refractivity contribution < 1.29 is 56.8 Å². The number of carbonyl (C=O) groups is 2. The fraction of sp³-hybridized carbons (Fsp3) is 0.925. The molecule has 390 valence electrons. The molecule has 1 heterocycles. The van der Waals surface area contributed by atoms with Crippen molar-refractivity contribution in [2.45, 2.75) is 295 Å². The predicted molar refractivity (Wildman–Crippen MR) is 266 cm³/mol. The van der Waals surface area contributed by atoms with Crippen LogP contribution in [0, 0.1) is 0 Å². The third kappa shape index (κ3) is 37.3. The summed E-state index contributed by atoms with van der Waals surface area (Å²) in [6, 6.07) is 0. The summed E-state index contributed by atoms with van der Waals surface area (Å²) in [6.45, 7) is 3.81. The molecule has 0 aromatic carbocycles. The van der Waals surface area contributed by atoms with Crippen molar-refractivity contribution in [3.63, 3.8) is 0 Å². The number of ether oxygens (including phenoxy) is 4. The van der Waals surface area contributed by atoms with E-state index in [9.17, 15) is 37.9 Å². The molecular weight excluding hydrogens is 861 g/mol. The highest BCUT2D eigenvalue weighted by atomic mass is 32.2. The lowest BCUT2D eigenvalue weighted by Crippen LogP contribution is -2.60. The van der Waals surface area contributed by atoms with Crippen molar-refractivity contribution in [3.05, 3.63) is 12.2 Å². The van der Waals surface area contributed by atoms with Gasteiger partial charge in [-0.25, -0.2) is 0 Å². The number of carbonyl (C=O) groups excluding carboxylic acids is 2. The number of rotatable bonds is 47. The summed E-state index contributed by atoms with van der Waals surface area (Å²) in [6.07, 6.45) is 39.6. The number of unbranched alkanes of at least 4 members (excludes halogenated alkanes) is 33. The lowest BCUT2D eigenvalue weighted by molar-refractivity contribution is -0.297. The van der Waals surface area contributed by atoms with Crippen molar-refractivity contribution in [1.82, 2.24) is 0 Å². The molecule has 0 aromatic heterocycles. The summed E-state index contributed by atoms with van der Waals surface area (Å²) in [5.41, 5.74) is 0. The summed E-state index contributed by atoms with van der Waals surface area (Å²) < 4.78 is 54.3. The van der Waals surface area contributed by atoms with Gasteiger partial charge in [-0.05, 0) is 38.5 Å². The van der Waals surface area contributed by atoms with Crippen LogP contribution in [0.4, 0.5) is 0 Å². The SMILES string of the molecule is CCCCCCCC/C=C/CCCCCCCCCC(=O)OC[C@H](CO[C@H]1O[C@H](CS(=O)(=O)O)[C@@H](O)C(O)C1O)OC(=O)CCCCCCCCCCCCCCCCCCCCCCC. The molecule has 6 atom stereocenters. The summed E-state index contributed by atoms with van der Waals surface area (Å²) in [5.74, 6) is -1.97. The first-order chi connectivity index (χ1) is 32.0. The topological polar surface area (TPSA) is 186 Å². The summed E-state index contributed by atoms with van der Waals surface area (Å²) in [4.78, 5) is 25.6. The summed E-state index contributed by atoms with van der Waals surface area (Å²) in [7, 11) is -4.60. The van der Waals surface area contributed by atoms with Crippen LogP contribution in [0.5, 0.6) is 0 Å². The Bertz CT molecular complexity index is 1260. The van der Waals surface area contributed by atoms with E-state index in [0.29, 0.717) is 12.8 Å². The molecule has 13 heteroatoms. The van der Waals surface area contributed by atoms with Gasteiger partial charge in [-0.15, -0.1) is 0 Å². The molecule has 1 aliphatic rings. The van der Waals surface area contributed by atoms with Gasteiger partial charge >= 0.3 is 11.9 Å². The van der Waals surface area contributed by atoms with Crippen LogP contribution in [-0.4, -0.2) is 96.0 Å². The van der Waals surface area contributed by atoms with Crippen LogP contribution in [0.25, 0.3) is 0 Å². The van der Waals surface area contributed by atoms with Gasteiger partial charge in [0.1, 0.15) is 36.8 Å². The third-order valence-electron chi connectivity index (χ3n) is 12.8. The van der Waals surface area contributed by atoms with Gasteiger partial charge in [-0.3, -0.25) is 14.1 Å². The molecule has 66 heavy (non-hydrogen) atoms. The van der Waals surface area contributed by atoms with Gasteiger partial charge < -0.3 is 34.3 Å². The van der Waals surface area contributed by atoms with E-state index in [0.717, 1.165) is 44.9 Å². The molecular formula is C53H100O12S. The van der Waals surface area contributed by atoms with Gasteiger partial charge in [-0.2, -0.15) is 8.42 Å². The van der Waals surface area contributed by atoms with Crippen molar-refractivity contribution in [2.24, 2.45) is 0 Å². The van der Waals surface area contributed by atoms with Crippen molar-refractivity contribution in [2.75, 3.05) is 19.0 Å². The smallest absolute Gasteiger partial charge is 0.306 e. The molecule has 0 bridgehead atoms. The maximum Gasteiger partial charge on any atom is 0.306 e. The van der Waals surface area contributed by atoms with Gasteiger partial charge in [0.15, 0.2) is 12.4 Å². The fourth-order valence-electron chi connectivity index (χ4n) is 8.62. The molecule has 1 fully saturated rings. The van der Waals surface area contributed by atoms with Gasteiger partial charge in [-0.1, -0.05) is 219 Å². The van der Waals surface area contributed by atoms with E-state index in [1.165, 1.54) is 173 Å². The number of hydrogen-bond donors (Lipinski definition) is 4. The van der Waals surface area contributed by atoms with E-state index in [1.807, 2.05) is 0 Å². The van der Waals surface area contributed by atoms with Crippen LogP contribution in [-0.2, 0) is 38.7 Å². The van der Waals surface area contributed by atoms with Crippen LogP contribution in [0.15, 0.2) is 12.2 Å². The van der Waals surface area contributed by atoms with Gasteiger partial charge in [0.25, 0.3) is 10.1 Å². The van der Waals surface area contributed by atoms with E-state index in [4.69, 9.17) is 18.9 Å². The maximum absolute atomic E-state index is 12.9. The molecule has 0 amide bonds. The predicted octanol–water partition coefficient (Wildman–Crippen LogP) is 12.6. The number of esters is 2. The van der Waals surface area contributed by atoms with E-state index in [1.54, 1.807) is 0 Å². The largest absolute Gasteiger partial charge is 0.462 e. The fourth-order valence-corrected chi connectivity index (χ4v) is 9.31. The molecule has 1 saturated heterocycles. The number of aliphatic hydroxyl groups excluding tert-OH is 3. The van der Waals surface area contributed by atoms with Crippen LogP contribution in [0.1, 0.15) is 258 Å². The average molecular weight is 961 g/mol. The zero-order valence-electron chi connectivity index (χ0n) is 42.1. The molecule has 0 aliphatic carbocycles. The molecule has 0 saturated carbocycles. The Kier molecular flexibility index (Phi) is 41.0. The van der Waals surface area contributed by atoms with Crippen LogP contribution in [0.3, 0.4) is 0 Å². The molecule has 1 rings (SSSR count). The molecule has 12 nitrogen and oxygen atoms in total. The minimum atomic E-state index is -4.60. The molecule has 0 radical (unpaired) electrons. The minimum absolute atomic E-state index is 0.170. The van der Waals surface area contributed by atoms with Crippen molar-refractivity contribution >= 4 is 22.1 Å². The van der Waals surface area contributed by atoms with Crippen LogP contribution in [0.2, 0.25) is 0 Å². The quantitative estimate of drug-likeness (QED) is 0.0196. The highest BCUT2D eigenvalue weighted by Crippen LogP contribution is 2.24. The van der Waals surface area contributed by atoms with Gasteiger partial charge in [0, 0.05) is 12.8 Å². The number of allylic oxidation sites excluding steroid dienone is 2. The second kappa shape index (κ2) is 43.4. The molecule has 4 N–H and O–H groups in total. The number of hydrogen-bond acceptors (Lipinski definition) is 11. The average Bonchev–Trinajstić information content (AvgIpc) is 3.28. The van der Waals surface area contributed by atoms with Crippen LogP contribution < -0.4 is 0 Å². The highest BCUT2D eigenvalue weighted by Gasteiger charge is 2.46. The molecule has 2 unspecified atom stereocenters. The zero-order valence-corrected chi connectivity index (χ0v) is 42.9. The van der Waals surface area contributed by atoms with Crippen molar-refractivity contribution in [1.29, 1.82) is 0 Å². The summed E-state index contributed by atoms with van der Waals surface area (Å²) in [5, 5.41) is 31.0. The monoisotopic (exact) mass is 961 g/mol. The van der Waals surface area contributed by atoms with E-state index >= 15 is 0 Å². The Morgan fingerprint density at radius 3 is 1.26 bits per heavy atom. The Labute approximate surface area is 403 Å². The minimum Gasteiger partial charge on any atom is -0.462 e. The van der Waals surface area contributed by atoms with Gasteiger partial charge in [0.05, 0.1) is 6.61 Å². The van der Waals surface area contributed by atoms with E-state index in [2.05, 4.69) is 26.0 Å². The third-order valence-corrected chi connectivity index (χ3v) is 13.6. The summed E-state index contributed by atoms with van der Waals surface area (Å²) >= 11 is 0. The molecule has 0 spiro atoms. The first kappa shape index (κ1) is 62.4. The first-order valence-electron chi connectivity index (χ1n) is 27.2. The highest BCUT2D eigenvalue weighted by molar-refractivity contribution is 7.85. The Morgan fingerprint density at radius 2 is 0.864 bits per heavy atom. The standard InChI is InChI=1S/C53H100O12S/c1-3-5-7-9-11-13-15-17-19-21-22-23-24-26-28-30-32-34-36-38-40-42-49(55)64-46(44-63-53-52(58)51(57)50(56)47(65-53)45-66(59,60)61)43-62-48(54)41-39-37-35-33-31-29-27-25-20-18-16-14-12-10-8-6-4-2/h18,20,46-47,50-53,56-58H,3-17,19,21-45H2,1-2H3,(H,59,60,61)/b20-18+/t46-,47-,50-,51?,52?,53+/m1/s1. The van der Waals surface area contributed by atoms with E-state index < -0.39 is 71.2 Å². The molecule has 1 aliphatic heterocycles. The van der Waals surface area contributed by atoms with Crippen molar-refractivity contribution in [3.8, 4) is 0 Å². The van der Waals surface area contributed by atoms with Gasteiger partial charge in [0.2, 0.25) is 0 Å². The Hall–Kier alpha value is -1.61. The maximum atomic E-state index is 12.9. The zero-order chi connectivity index (χ0) is 48.4. The normalized spacial score (nSPS) is 19.4.